The number of rotatable bonds is 3. The zero-order valence-corrected chi connectivity index (χ0v) is 14.8. The summed E-state index contributed by atoms with van der Waals surface area (Å²) in [5.41, 5.74) is 1.50. The van der Waals surface area contributed by atoms with E-state index in [-0.39, 0.29) is 5.41 Å². The van der Waals surface area contributed by atoms with E-state index in [2.05, 4.69) is 54.8 Å². The Morgan fingerprint density at radius 2 is 1.32 bits per heavy atom. The molecule has 0 spiro atoms. The summed E-state index contributed by atoms with van der Waals surface area (Å²) in [5.74, 6) is 0. The summed E-state index contributed by atoms with van der Waals surface area (Å²) < 4.78 is 61.2. The first-order valence-electron chi connectivity index (χ1n) is 6.31. The standard InChI is InChI=1S/C13H25N2.F6P/c1-13(2,3)12(8-10-14(4)5)9-11-15(6)7;1-7(2,3,4,5)6/h8-11H,1-7H3;/q+1;-1. The minimum absolute atomic E-state index is 0.180. The summed E-state index contributed by atoms with van der Waals surface area (Å²) in [7, 11) is -2.52. The van der Waals surface area contributed by atoms with E-state index in [4.69, 9.17) is 0 Å². The molecule has 0 heterocycles. The van der Waals surface area contributed by atoms with Crippen molar-refractivity contribution in [1.29, 1.82) is 0 Å². The van der Waals surface area contributed by atoms with Crippen molar-refractivity contribution in [1.82, 2.24) is 4.90 Å². The number of nitrogens with zero attached hydrogens (tertiary/aromatic N) is 2. The Morgan fingerprint density at radius 1 is 0.955 bits per heavy atom. The van der Waals surface area contributed by atoms with Gasteiger partial charge in [0.25, 0.3) is 0 Å². The Morgan fingerprint density at radius 3 is 1.55 bits per heavy atom. The third-order valence-electron chi connectivity index (χ3n) is 1.97. The Bertz CT molecular complexity index is 437. The van der Waals surface area contributed by atoms with Crippen LogP contribution in [0, 0.1) is 5.41 Å². The molecule has 134 valence electrons. The number of hydrogen-bond donors (Lipinski definition) is 0. The minimum atomic E-state index is -10.7. The van der Waals surface area contributed by atoms with E-state index in [0.717, 1.165) is 0 Å². The Kier molecular flexibility index (Phi) is 6.97. The quantitative estimate of drug-likeness (QED) is 0.205. The molecule has 0 atom stereocenters. The molecule has 2 nitrogen and oxygen atoms in total. The maximum atomic E-state index is 9.87. The number of halogens is 6. The van der Waals surface area contributed by atoms with Gasteiger partial charge in [0.2, 0.25) is 0 Å². The molecule has 0 aliphatic carbocycles. The van der Waals surface area contributed by atoms with Crippen LogP contribution in [0.4, 0.5) is 25.2 Å². The van der Waals surface area contributed by atoms with Crippen LogP contribution in [-0.2, 0) is 0 Å². The van der Waals surface area contributed by atoms with Gasteiger partial charge in [-0.1, -0.05) is 20.8 Å². The molecular weight excluding hydrogens is 329 g/mol. The second kappa shape index (κ2) is 6.60. The Balaban J connectivity index is 0. The van der Waals surface area contributed by atoms with Gasteiger partial charge < -0.3 is 4.90 Å². The summed E-state index contributed by atoms with van der Waals surface area (Å²) in [6, 6.07) is 0. The zero-order chi connectivity index (χ0) is 18.5. The van der Waals surface area contributed by atoms with Crippen molar-refractivity contribution >= 4 is 14.0 Å². The maximum absolute atomic E-state index is 10.7. The van der Waals surface area contributed by atoms with Crippen LogP contribution in [0.3, 0.4) is 0 Å². The molecule has 0 radical (unpaired) electrons. The SMILES string of the molecule is CN(C)/C=C/C(=C\C=[N+](C)C)C(C)(C)C.F[P-](F)(F)(F)(F)F. The summed E-state index contributed by atoms with van der Waals surface area (Å²) in [4.78, 5) is 2.05. The van der Waals surface area contributed by atoms with Crippen LogP contribution in [0.2, 0.25) is 0 Å². The second-order valence-electron chi connectivity index (χ2n) is 6.22. The molecule has 9 heteroatoms. The molecule has 0 aromatic heterocycles. The van der Waals surface area contributed by atoms with Crippen LogP contribution < -0.4 is 0 Å². The van der Waals surface area contributed by atoms with E-state index in [1.54, 1.807) is 0 Å². The van der Waals surface area contributed by atoms with E-state index in [1.807, 2.05) is 28.2 Å². The molecule has 0 rings (SSSR count). The van der Waals surface area contributed by atoms with E-state index < -0.39 is 7.81 Å². The van der Waals surface area contributed by atoms with E-state index in [0.29, 0.717) is 0 Å². The topological polar surface area (TPSA) is 6.25 Å². The van der Waals surface area contributed by atoms with Gasteiger partial charge >= 0.3 is 33.0 Å². The zero-order valence-electron chi connectivity index (χ0n) is 13.9. The fourth-order valence-electron chi connectivity index (χ4n) is 1.01. The average Bonchev–Trinajstić information content (AvgIpc) is 2.08. The van der Waals surface area contributed by atoms with Crippen molar-refractivity contribution in [2.45, 2.75) is 20.8 Å². The molecule has 0 saturated heterocycles. The van der Waals surface area contributed by atoms with Gasteiger partial charge in [-0.05, 0) is 23.3 Å². The summed E-state index contributed by atoms with van der Waals surface area (Å²) >= 11 is 0. The average molecular weight is 354 g/mol. The fourth-order valence-corrected chi connectivity index (χ4v) is 1.01. The molecule has 0 amide bonds. The van der Waals surface area contributed by atoms with Crippen LogP contribution in [0.15, 0.2) is 23.9 Å². The first kappa shape index (κ1) is 23.2. The fraction of sp³-hybridized carbons (Fsp3) is 0.615. The van der Waals surface area contributed by atoms with Crippen molar-refractivity contribution < 1.29 is 29.8 Å². The van der Waals surface area contributed by atoms with Crippen molar-refractivity contribution in [2.24, 2.45) is 5.41 Å². The van der Waals surface area contributed by atoms with E-state index >= 15 is 0 Å². The Hall–Kier alpha value is -1.04. The second-order valence-corrected chi connectivity index (χ2v) is 8.14. The Labute approximate surface area is 128 Å². The summed E-state index contributed by atoms with van der Waals surface area (Å²) in [6.45, 7) is 6.67. The molecule has 0 saturated carbocycles. The molecule has 0 bridgehead atoms. The molecule has 0 aromatic rings. The summed E-state index contributed by atoms with van der Waals surface area (Å²) in [5, 5.41) is 0. The van der Waals surface area contributed by atoms with Gasteiger partial charge in [0, 0.05) is 20.2 Å². The van der Waals surface area contributed by atoms with Crippen molar-refractivity contribution in [3.05, 3.63) is 23.9 Å². The van der Waals surface area contributed by atoms with E-state index in [1.165, 1.54) is 5.57 Å². The molecule has 0 N–H and O–H groups in total. The van der Waals surface area contributed by atoms with Crippen molar-refractivity contribution in [2.75, 3.05) is 28.2 Å². The van der Waals surface area contributed by atoms with Gasteiger partial charge in [-0.25, -0.2) is 4.58 Å². The number of hydrogen-bond acceptors (Lipinski definition) is 1. The predicted molar refractivity (Wildman–Crippen MR) is 82.1 cm³/mol. The molecular formula is C13H25F6N2P. The van der Waals surface area contributed by atoms with Crippen LogP contribution in [0.1, 0.15) is 20.8 Å². The molecule has 0 aliphatic heterocycles. The first-order chi connectivity index (χ1) is 9.18. The van der Waals surface area contributed by atoms with Crippen molar-refractivity contribution in [3.8, 4) is 0 Å². The van der Waals surface area contributed by atoms with Gasteiger partial charge in [0.1, 0.15) is 14.1 Å². The van der Waals surface area contributed by atoms with Gasteiger partial charge in [-0.2, -0.15) is 0 Å². The molecule has 0 fully saturated rings. The predicted octanol–water partition coefficient (Wildman–Crippen LogP) is 5.76. The van der Waals surface area contributed by atoms with Crippen LogP contribution >= 0.6 is 7.81 Å². The molecule has 22 heavy (non-hydrogen) atoms. The monoisotopic (exact) mass is 354 g/mol. The number of allylic oxidation sites excluding steroid dienone is 3. The normalized spacial score (nSPS) is 16.3. The van der Waals surface area contributed by atoms with Gasteiger partial charge in [0.15, 0.2) is 6.21 Å². The van der Waals surface area contributed by atoms with Crippen LogP contribution in [0.5, 0.6) is 0 Å². The molecule has 0 aliphatic rings. The molecule has 0 unspecified atom stereocenters. The third kappa shape index (κ3) is 27.3. The van der Waals surface area contributed by atoms with Gasteiger partial charge in [0.05, 0.1) is 0 Å². The first-order valence-corrected chi connectivity index (χ1v) is 8.34. The van der Waals surface area contributed by atoms with E-state index in [9.17, 15) is 25.2 Å². The van der Waals surface area contributed by atoms with Crippen LogP contribution in [0.25, 0.3) is 0 Å². The van der Waals surface area contributed by atoms with Gasteiger partial charge in [-0.3, -0.25) is 0 Å². The summed E-state index contributed by atoms with van der Waals surface area (Å²) in [6.07, 6.45) is 8.50. The van der Waals surface area contributed by atoms with Gasteiger partial charge in [-0.15, -0.1) is 0 Å². The molecule has 0 aromatic carbocycles. The van der Waals surface area contributed by atoms with Crippen molar-refractivity contribution in [3.63, 3.8) is 0 Å². The third-order valence-corrected chi connectivity index (χ3v) is 1.97. The van der Waals surface area contributed by atoms with Crippen LogP contribution in [-0.4, -0.2) is 43.9 Å².